The van der Waals surface area contributed by atoms with Crippen LogP contribution in [0.4, 0.5) is 0 Å². The van der Waals surface area contributed by atoms with Gasteiger partial charge in [-0.05, 0) is 24.5 Å². The van der Waals surface area contributed by atoms with Crippen LogP contribution in [0.3, 0.4) is 0 Å². The molecule has 0 aliphatic heterocycles. The number of pyridine rings is 1. The largest absolute Gasteiger partial charge is 0.327 e. The summed E-state index contributed by atoms with van der Waals surface area (Å²) in [6.07, 6.45) is 2.83. The average molecular weight is 257 g/mol. The first-order chi connectivity index (χ1) is 7.79. The van der Waals surface area contributed by atoms with Crippen LogP contribution in [-0.2, 0) is 16.4 Å². The van der Waals surface area contributed by atoms with Gasteiger partial charge >= 0.3 is 0 Å². The second kappa shape index (κ2) is 5.57. The molecule has 4 N–H and O–H groups in total. The number of primary sulfonamides is 1. The number of rotatable bonds is 5. The van der Waals surface area contributed by atoms with E-state index >= 15 is 0 Å². The summed E-state index contributed by atoms with van der Waals surface area (Å²) in [5.74, 6) is 0.536. The SMILES string of the molecule is CC(C)CC(N)Cc1ccc(S(N)(=O)=O)cn1. The number of hydrogen-bond donors (Lipinski definition) is 2. The van der Waals surface area contributed by atoms with E-state index in [0.717, 1.165) is 12.1 Å². The maximum absolute atomic E-state index is 11.0. The van der Waals surface area contributed by atoms with Crippen molar-refractivity contribution in [2.45, 2.75) is 37.6 Å². The van der Waals surface area contributed by atoms with Crippen LogP contribution < -0.4 is 10.9 Å². The van der Waals surface area contributed by atoms with Crippen molar-refractivity contribution in [3.8, 4) is 0 Å². The van der Waals surface area contributed by atoms with Gasteiger partial charge in [0.25, 0.3) is 0 Å². The molecule has 1 heterocycles. The molecular weight excluding hydrogens is 238 g/mol. The Bertz CT molecular complexity index is 454. The lowest BCUT2D eigenvalue weighted by Gasteiger charge is -2.13. The molecule has 1 rings (SSSR count). The van der Waals surface area contributed by atoms with Crippen molar-refractivity contribution in [2.24, 2.45) is 16.8 Å². The van der Waals surface area contributed by atoms with Crippen LogP contribution in [0, 0.1) is 5.92 Å². The van der Waals surface area contributed by atoms with E-state index in [0.29, 0.717) is 12.3 Å². The molecule has 0 saturated heterocycles. The van der Waals surface area contributed by atoms with Crippen LogP contribution in [0.15, 0.2) is 23.2 Å². The summed E-state index contributed by atoms with van der Waals surface area (Å²) < 4.78 is 22.0. The molecule has 0 fully saturated rings. The van der Waals surface area contributed by atoms with Gasteiger partial charge in [0, 0.05) is 24.4 Å². The predicted molar refractivity (Wildman–Crippen MR) is 66.7 cm³/mol. The van der Waals surface area contributed by atoms with Crippen LogP contribution in [0.2, 0.25) is 0 Å². The highest BCUT2D eigenvalue weighted by Crippen LogP contribution is 2.10. The van der Waals surface area contributed by atoms with Gasteiger partial charge < -0.3 is 5.73 Å². The minimum Gasteiger partial charge on any atom is -0.327 e. The minimum atomic E-state index is -3.66. The van der Waals surface area contributed by atoms with Crippen LogP contribution in [0.1, 0.15) is 26.0 Å². The predicted octanol–water partition coefficient (Wildman–Crippen LogP) is 0.645. The van der Waals surface area contributed by atoms with Gasteiger partial charge in [-0.2, -0.15) is 0 Å². The van der Waals surface area contributed by atoms with Crippen molar-refractivity contribution in [2.75, 3.05) is 0 Å². The summed E-state index contributed by atoms with van der Waals surface area (Å²) in [5.41, 5.74) is 6.73. The van der Waals surface area contributed by atoms with Crippen molar-refractivity contribution in [3.05, 3.63) is 24.0 Å². The topological polar surface area (TPSA) is 99.1 Å². The Hall–Kier alpha value is -0.980. The normalized spacial score (nSPS) is 13.9. The summed E-state index contributed by atoms with van der Waals surface area (Å²) in [6.45, 7) is 4.22. The Labute approximate surface area is 102 Å². The van der Waals surface area contributed by atoms with Gasteiger partial charge in [0.1, 0.15) is 4.90 Å². The molecular formula is C11H19N3O2S. The quantitative estimate of drug-likeness (QED) is 0.808. The third kappa shape index (κ3) is 4.80. The average Bonchev–Trinajstić information content (AvgIpc) is 2.15. The van der Waals surface area contributed by atoms with Gasteiger partial charge in [0.2, 0.25) is 10.0 Å². The molecule has 0 aliphatic rings. The molecule has 1 unspecified atom stereocenters. The molecule has 0 radical (unpaired) electrons. The highest BCUT2D eigenvalue weighted by atomic mass is 32.2. The Kier molecular flexibility index (Phi) is 4.62. The number of hydrogen-bond acceptors (Lipinski definition) is 4. The molecule has 1 atom stereocenters. The molecule has 0 amide bonds. The van der Waals surface area contributed by atoms with Crippen LogP contribution >= 0.6 is 0 Å². The van der Waals surface area contributed by atoms with E-state index in [1.165, 1.54) is 12.3 Å². The molecule has 0 saturated carbocycles. The van der Waals surface area contributed by atoms with Crippen molar-refractivity contribution in [1.82, 2.24) is 4.98 Å². The summed E-state index contributed by atoms with van der Waals surface area (Å²) in [7, 11) is -3.66. The molecule has 5 nitrogen and oxygen atoms in total. The molecule has 17 heavy (non-hydrogen) atoms. The maximum atomic E-state index is 11.0. The molecule has 0 aliphatic carbocycles. The smallest absolute Gasteiger partial charge is 0.239 e. The van der Waals surface area contributed by atoms with E-state index < -0.39 is 10.0 Å². The zero-order chi connectivity index (χ0) is 13.1. The van der Waals surface area contributed by atoms with E-state index in [4.69, 9.17) is 10.9 Å². The summed E-state index contributed by atoms with van der Waals surface area (Å²) in [6, 6.07) is 3.16. The Morgan fingerprint density at radius 3 is 2.41 bits per heavy atom. The van der Waals surface area contributed by atoms with Crippen LogP contribution in [0.5, 0.6) is 0 Å². The molecule has 0 spiro atoms. The summed E-state index contributed by atoms with van der Waals surface area (Å²) >= 11 is 0. The summed E-state index contributed by atoms with van der Waals surface area (Å²) in [5, 5.41) is 4.98. The maximum Gasteiger partial charge on any atom is 0.239 e. The number of sulfonamides is 1. The van der Waals surface area contributed by atoms with E-state index in [1.807, 2.05) is 0 Å². The van der Waals surface area contributed by atoms with Gasteiger partial charge in [-0.25, -0.2) is 13.6 Å². The van der Waals surface area contributed by atoms with Crippen LogP contribution in [0.25, 0.3) is 0 Å². The van der Waals surface area contributed by atoms with Crippen molar-refractivity contribution < 1.29 is 8.42 Å². The van der Waals surface area contributed by atoms with Gasteiger partial charge in [-0.15, -0.1) is 0 Å². The fourth-order valence-corrected chi connectivity index (χ4v) is 2.11. The number of nitrogens with two attached hydrogens (primary N) is 2. The minimum absolute atomic E-state index is 0.0266. The van der Waals surface area contributed by atoms with Crippen LogP contribution in [-0.4, -0.2) is 19.4 Å². The number of aromatic nitrogens is 1. The second-order valence-electron chi connectivity index (χ2n) is 4.62. The summed E-state index contributed by atoms with van der Waals surface area (Å²) in [4.78, 5) is 4.08. The molecule has 0 aromatic carbocycles. The standard InChI is InChI=1S/C11H19N3O2S/c1-8(2)5-9(12)6-10-3-4-11(7-14-10)17(13,15)16/h3-4,7-9H,5-6,12H2,1-2H3,(H2,13,15,16). The van der Waals surface area contributed by atoms with E-state index in [1.54, 1.807) is 6.07 Å². The molecule has 0 bridgehead atoms. The number of nitrogens with zero attached hydrogens (tertiary/aromatic N) is 1. The zero-order valence-electron chi connectivity index (χ0n) is 10.1. The third-order valence-electron chi connectivity index (χ3n) is 2.37. The van der Waals surface area contributed by atoms with E-state index in [2.05, 4.69) is 18.8 Å². The van der Waals surface area contributed by atoms with Crippen molar-refractivity contribution >= 4 is 10.0 Å². The first-order valence-electron chi connectivity index (χ1n) is 5.52. The Balaban J connectivity index is 2.69. The van der Waals surface area contributed by atoms with Gasteiger partial charge in [-0.1, -0.05) is 13.8 Å². The molecule has 96 valence electrons. The lowest BCUT2D eigenvalue weighted by Crippen LogP contribution is -2.25. The van der Waals surface area contributed by atoms with Gasteiger partial charge in [0.05, 0.1) is 0 Å². The molecule has 1 aromatic heterocycles. The lowest BCUT2D eigenvalue weighted by molar-refractivity contribution is 0.490. The Morgan fingerprint density at radius 2 is 2.00 bits per heavy atom. The van der Waals surface area contributed by atoms with E-state index in [-0.39, 0.29) is 10.9 Å². The monoisotopic (exact) mass is 257 g/mol. The molecule has 6 heteroatoms. The van der Waals surface area contributed by atoms with Gasteiger partial charge in [-0.3, -0.25) is 4.98 Å². The third-order valence-corrected chi connectivity index (χ3v) is 3.27. The second-order valence-corrected chi connectivity index (χ2v) is 6.19. The lowest BCUT2D eigenvalue weighted by atomic mass is 10.0. The first-order valence-corrected chi connectivity index (χ1v) is 7.07. The van der Waals surface area contributed by atoms with Crippen molar-refractivity contribution in [3.63, 3.8) is 0 Å². The highest BCUT2D eigenvalue weighted by Gasteiger charge is 2.10. The fraction of sp³-hybridized carbons (Fsp3) is 0.545. The highest BCUT2D eigenvalue weighted by molar-refractivity contribution is 7.89. The molecule has 1 aromatic rings. The zero-order valence-corrected chi connectivity index (χ0v) is 10.9. The fourth-order valence-electron chi connectivity index (χ4n) is 1.66. The van der Waals surface area contributed by atoms with Gasteiger partial charge in [0.15, 0.2) is 0 Å². The van der Waals surface area contributed by atoms with Crippen molar-refractivity contribution in [1.29, 1.82) is 0 Å². The Morgan fingerprint density at radius 1 is 1.35 bits per heavy atom. The first kappa shape index (κ1) is 14.1. The van der Waals surface area contributed by atoms with E-state index in [9.17, 15) is 8.42 Å².